The zero-order valence-corrected chi connectivity index (χ0v) is 18.2. The van der Waals surface area contributed by atoms with Gasteiger partial charge in [0.15, 0.2) is 0 Å². The molecule has 0 saturated carbocycles. The number of non-ortho nitro benzene ring substituents is 1. The second-order valence-corrected chi connectivity index (χ2v) is 8.26. The lowest BCUT2D eigenvalue weighted by molar-refractivity contribution is -0.384. The van der Waals surface area contributed by atoms with E-state index >= 15 is 0 Å². The molecule has 5 rings (SSSR count). The highest BCUT2D eigenvalue weighted by atomic mass is 16.6. The van der Waals surface area contributed by atoms with E-state index in [4.69, 9.17) is 4.74 Å². The van der Waals surface area contributed by atoms with Crippen LogP contribution in [0, 0.1) is 10.1 Å². The lowest BCUT2D eigenvalue weighted by Crippen LogP contribution is -2.29. The van der Waals surface area contributed by atoms with Gasteiger partial charge in [-0.05, 0) is 53.9 Å². The fourth-order valence-corrected chi connectivity index (χ4v) is 4.52. The molecule has 1 atom stereocenters. The van der Waals surface area contributed by atoms with Crippen LogP contribution >= 0.6 is 0 Å². The minimum Gasteiger partial charge on any atom is -0.457 e. The topological polar surface area (TPSA) is 60.5 Å². The summed E-state index contributed by atoms with van der Waals surface area (Å²) in [5, 5.41) is 11.0. The maximum Gasteiger partial charge on any atom is 0.269 e. The highest BCUT2D eigenvalue weighted by molar-refractivity contribution is 5.39. The Kier molecular flexibility index (Phi) is 5.91. The zero-order valence-electron chi connectivity index (χ0n) is 18.2. The summed E-state index contributed by atoms with van der Waals surface area (Å²) < 4.78 is 8.44. The molecule has 0 spiro atoms. The minimum absolute atomic E-state index is 0.0528. The monoisotopic (exact) mass is 439 g/mol. The van der Waals surface area contributed by atoms with Crippen molar-refractivity contribution < 1.29 is 9.66 Å². The Hall–Kier alpha value is -3.90. The lowest BCUT2D eigenvalue weighted by Gasteiger charge is -2.31. The van der Waals surface area contributed by atoms with Crippen LogP contribution in [0.15, 0.2) is 97.2 Å². The van der Waals surface area contributed by atoms with E-state index in [1.54, 1.807) is 12.1 Å². The van der Waals surface area contributed by atoms with Crippen LogP contribution in [0.2, 0.25) is 0 Å². The molecular formula is C27H25N3O3. The van der Waals surface area contributed by atoms with Gasteiger partial charge in [0.1, 0.15) is 11.5 Å². The Bertz CT molecular complexity index is 1230. The first-order chi connectivity index (χ1) is 16.2. The molecule has 166 valence electrons. The fraction of sp³-hybridized carbons (Fsp3) is 0.185. The van der Waals surface area contributed by atoms with Crippen LogP contribution in [0.4, 0.5) is 5.69 Å². The van der Waals surface area contributed by atoms with Gasteiger partial charge in [-0.25, -0.2) is 0 Å². The van der Waals surface area contributed by atoms with E-state index in [2.05, 4.69) is 39.9 Å². The lowest BCUT2D eigenvalue weighted by atomic mass is 10.0. The van der Waals surface area contributed by atoms with Crippen LogP contribution in [0.3, 0.4) is 0 Å². The van der Waals surface area contributed by atoms with Gasteiger partial charge < -0.3 is 9.30 Å². The number of nitro groups is 1. The van der Waals surface area contributed by atoms with Gasteiger partial charge in [0, 0.05) is 43.7 Å². The molecular weight excluding hydrogens is 414 g/mol. The van der Waals surface area contributed by atoms with Crippen LogP contribution in [0.1, 0.15) is 29.3 Å². The third kappa shape index (κ3) is 4.66. The van der Waals surface area contributed by atoms with Crippen LogP contribution in [-0.2, 0) is 13.1 Å². The summed E-state index contributed by atoms with van der Waals surface area (Å²) in [5.41, 5.74) is 3.58. The van der Waals surface area contributed by atoms with E-state index < -0.39 is 0 Å². The van der Waals surface area contributed by atoms with Gasteiger partial charge in [-0.15, -0.1) is 0 Å². The molecule has 33 heavy (non-hydrogen) atoms. The summed E-state index contributed by atoms with van der Waals surface area (Å²) in [5.74, 6) is 1.61. The number of para-hydroxylation sites is 1. The van der Waals surface area contributed by atoms with Crippen LogP contribution in [-0.4, -0.2) is 20.9 Å². The third-order valence-corrected chi connectivity index (χ3v) is 6.04. The largest absolute Gasteiger partial charge is 0.457 e. The van der Waals surface area contributed by atoms with Gasteiger partial charge in [0.05, 0.1) is 11.0 Å². The van der Waals surface area contributed by atoms with Crippen molar-refractivity contribution in [2.24, 2.45) is 0 Å². The molecule has 1 aliphatic heterocycles. The molecule has 3 aromatic carbocycles. The van der Waals surface area contributed by atoms with E-state index in [1.165, 1.54) is 5.69 Å². The Morgan fingerprint density at radius 1 is 0.879 bits per heavy atom. The summed E-state index contributed by atoms with van der Waals surface area (Å²) in [6.07, 6.45) is 3.17. The SMILES string of the molecule is O=[N+]([O-])c1ccc(CN2CCCn3cccc3C2c2cccc(Oc3ccccc3)c2)cc1. The van der Waals surface area contributed by atoms with Crippen molar-refractivity contribution in [2.75, 3.05) is 6.54 Å². The molecule has 0 fully saturated rings. The number of aryl methyl sites for hydroxylation is 1. The Labute approximate surface area is 192 Å². The molecule has 1 unspecified atom stereocenters. The van der Waals surface area contributed by atoms with Gasteiger partial charge in [0.2, 0.25) is 0 Å². The average Bonchev–Trinajstić information content (AvgIpc) is 3.21. The summed E-state index contributed by atoms with van der Waals surface area (Å²) >= 11 is 0. The smallest absolute Gasteiger partial charge is 0.269 e. The van der Waals surface area contributed by atoms with Crippen molar-refractivity contribution >= 4 is 5.69 Å². The third-order valence-electron chi connectivity index (χ3n) is 6.04. The molecule has 1 aliphatic rings. The molecule has 4 aromatic rings. The standard InChI is InChI=1S/C27H25N3O3/c31-30(32)23-14-12-21(13-15-23)20-29-18-6-17-28-16-5-11-26(28)27(29)22-7-4-10-25(19-22)33-24-8-2-1-3-9-24/h1-5,7-16,19,27H,6,17-18,20H2. The fourth-order valence-electron chi connectivity index (χ4n) is 4.52. The highest BCUT2D eigenvalue weighted by Gasteiger charge is 2.28. The van der Waals surface area contributed by atoms with E-state index in [1.807, 2.05) is 54.6 Å². The maximum atomic E-state index is 11.0. The van der Waals surface area contributed by atoms with E-state index in [-0.39, 0.29) is 16.7 Å². The van der Waals surface area contributed by atoms with E-state index in [0.717, 1.165) is 42.1 Å². The van der Waals surface area contributed by atoms with E-state index in [9.17, 15) is 10.1 Å². The normalized spacial score (nSPS) is 16.1. The number of aromatic nitrogens is 1. The molecule has 0 saturated heterocycles. The number of nitrogens with zero attached hydrogens (tertiary/aromatic N) is 3. The second-order valence-electron chi connectivity index (χ2n) is 8.26. The van der Waals surface area contributed by atoms with Gasteiger partial charge in [-0.1, -0.05) is 42.5 Å². The Balaban J connectivity index is 1.48. The Morgan fingerprint density at radius 2 is 1.67 bits per heavy atom. The predicted octanol–water partition coefficient (Wildman–Crippen LogP) is 6.18. The van der Waals surface area contributed by atoms with Crippen molar-refractivity contribution in [1.29, 1.82) is 0 Å². The van der Waals surface area contributed by atoms with Crippen molar-refractivity contribution in [1.82, 2.24) is 9.47 Å². The van der Waals surface area contributed by atoms with Crippen LogP contribution in [0.25, 0.3) is 0 Å². The molecule has 2 heterocycles. The van der Waals surface area contributed by atoms with Gasteiger partial charge >= 0.3 is 0 Å². The van der Waals surface area contributed by atoms with Crippen molar-refractivity contribution in [3.8, 4) is 11.5 Å². The molecule has 6 nitrogen and oxygen atoms in total. The first kappa shape index (κ1) is 21.0. The number of hydrogen-bond donors (Lipinski definition) is 0. The number of benzene rings is 3. The van der Waals surface area contributed by atoms with E-state index in [0.29, 0.717) is 6.54 Å². The molecule has 6 heteroatoms. The summed E-state index contributed by atoms with van der Waals surface area (Å²) in [6.45, 7) is 2.60. The first-order valence-electron chi connectivity index (χ1n) is 11.1. The molecule has 0 amide bonds. The quantitative estimate of drug-likeness (QED) is 0.266. The van der Waals surface area contributed by atoms with Crippen molar-refractivity contribution in [3.05, 3.63) is 124 Å². The summed E-state index contributed by atoms with van der Waals surface area (Å²) in [6, 6.07) is 29.3. The van der Waals surface area contributed by atoms with Gasteiger partial charge in [-0.2, -0.15) is 0 Å². The van der Waals surface area contributed by atoms with Gasteiger partial charge in [0.25, 0.3) is 5.69 Å². The molecule has 1 aromatic heterocycles. The molecule has 0 N–H and O–H groups in total. The summed E-state index contributed by atoms with van der Waals surface area (Å²) in [4.78, 5) is 13.1. The van der Waals surface area contributed by atoms with Gasteiger partial charge in [-0.3, -0.25) is 15.0 Å². The molecule has 0 aliphatic carbocycles. The minimum atomic E-state index is -0.358. The zero-order chi connectivity index (χ0) is 22.6. The first-order valence-corrected chi connectivity index (χ1v) is 11.1. The maximum absolute atomic E-state index is 11.0. The summed E-state index contributed by atoms with van der Waals surface area (Å²) in [7, 11) is 0. The molecule has 0 bridgehead atoms. The highest BCUT2D eigenvalue weighted by Crippen LogP contribution is 2.35. The molecule has 0 radical (unpaired) electrons. The predicted molar refractivity (Wildman–Crippen MR) is 127 cm³/mol. The van der Waals surface area contributed by atoms with Crippen molar-refractivity contribution in [2.45, 2.75) is 25.6 Å². The van der Waals surface area contributed by atoms with Crippen molar-refractivity contribution in [3.63, 3.8) is 0 Å². The number of ether oxygens (including phenoxy) is 1. The Morgan fingerprint density at radius 3 is 2.45 bits per heavy atom. The number of fused-ring (bicyclic) bond motifs is 1. The number of rotatable bonds is 6. The average molecular weight is 440 g/mol. The number of nitro benzene ring substituents is 1. The number of hydrogen-bond acceptors (Lipinski definition) is 4. The second kappa shape index (κ2) is 9.30. The van der Waals surface area contributed by atoms with Crippen LogP contribution < -0.4 is 4.74 Å². The van der Waals surface area contributed by atoms with Crippen LogP contribution in [0.5, 0.6) is 11.5 Å².